The first-order chi connectivity index (χ1) is 7.18. The summed E-state index contributed by atoms with van der Waals surface area (Å²) in [7, 11) is 0. The van der Waals surface area contributed by atoms with Crippen LogP contribution in [0.3, 0.4) is 0 Å². The van der Waals surface area contributed by atoms with Crippen LogP contribution in [-0.4, -0.2) is 18.2 Å². The van der Waals surface area contributed by atoms with E-state index < -0.39 is 0 Å². The Morgan fingerprint density at radius 1 is 1.53 bits per heavy atom. The molecule has 1 aliphatic heterocycles. The van der Waals surface area contributed by atoms with Crippen LogP contribution in [0.5, 0.6) is 0 Å². The van der Waals surface area contributed by atoms with Gasteiger partial charge in [-0.3, -0.25) is 0 Å². The number of halogens is 1. The van der Waals surface area contributed by atoms with E-state index in [-0.39, 0.29) is 6.10 Å². The highest BCUT2D eigenvalue weighted by Gasteiger charge is 2.22. The molecule has 1 N–H and O–H groups in total. The number of benzene rings is 1. The van der Waals surface area contributed by atoms with E-state index in [9.17, 15) is 5.11 Å². The van der Waals surface area contributed by atoms with Gasteiger partial charge in [0.05, 0.1) is 6.10 Å². The third kappa shape index (κ3) is 2.24. The highest BCUT2D eigenvalue weighted by Crippen LogP contribution is 2.33. The van der Waals surface area contributed by atoms with Crippen LogP contribution < -0.4 is 4.90 Å². The van der Waals surface area contributed by atoms with Crippen molar-refractivity contribution >= 4 is 21.6 Å². The first-order valence-electron chi connectivity index (χ1n) is 5.03. The monoisotopic (exact) mass is 267 g/mol. The molecule has 2 rings (SSSR count). The molecule has 1 heterocycles. The van der Waals surface area contributed by atoms with Crippen LogP contribution >= 0.6 is 15.9 Å². The van der Waals surface area contributed by atoms with Crippen molar-refractivity contribution in [2.24, 2.45) is 0 Å². The molecule has 3 heteroatoms. The van der Waals surface area contributed by atoms with Gasteiger partial charge in [-0.15, -0.1) is 0 Å². The quantitative estimate of drug-likeness (QED) is 0.891. The lowest BCUT2D eigenvalue weighted by molar-refractivity contribution is 0.164. The van der Waals surface area contributed by atoms with Crippen molar-refractivity contribution in [1.82, 2.24) is 0 Å². The molecule has 1 atom stereocenters. The number of fused-ring (bicyclic) bond motifs is 1. The number of aliphatic hydroxyl groups excluding tert-OH is 1. The Bertz CT molecular complexity index is 378. The molecule has 0 saturated carbocycles. The van der Waals surface area contributed by atoms with Crippen LogP contribution in [0.15, 0.2) is 35.3 Å². The molecule has 1 unspecified atom stereocenters. The Hall–Kier alpha value is -0.800. The van der Waals surface area contributed by atoms with Gasteiger partial charge < -0.3 is 10.0 Å². The smallest absolute Gasteiger partial charge is 0.0826 e. The average molecular weight is 268 g/mol. The maximum atomic E-state index is 9.85. The van der Waals surface area contributed by atoms with Crippen LogP contribution in [0.2, 0.25) is 0 Å². The van der Waals surface area contributed by atoms with Gasteiger partial charge in [0, 0.05) is 28.8 Å². The van der Waals surface area contributed by atoms with Crippen molar-refractivity contribution in [2.75, 3.05) is 18.0 Å². The lowest BCUT2D eigenvalue weighted by Crippen LogP contribution is -2.31. The molecular formula is C12H14BrNO. The Kier molecular flexibility index (Phi) is 3.12. The minimum atomic E-state index is -0.318. The Morgan fingerprint density at radius 2 is 2.27 bits per heavy atom. The lowest BCUT2D eigenvalue weighted by atomic mass is 9.99. The molecule has 0 aromatic heterocycles. The number of hydrogen-bond acceptors (Lipinski definition) is 2. The van der Waals surface area contributed by atoms with E-state index in [1.54, 1.807) is 0 Å². The van der Waals surface area contributed by atoms with Crippen molar-refractivity contribution in [3.8, 4) is 0 Å². The molecule has 0 radical (unpaired) electrons. The van der Waals surface area contributed by atoms with Crippen LogP contribution in [0.1, 0.15) is 18.1 Å². The van der Waals surface area contributed by atoms with Gasteiger partial charge in [-0.2, -0.15) is 0 Å². The van der Waals surface area contributed by atoms with E-state index in [1.807, 2.05) is 24.3 Å². The Balaban J connectivity index is 2.31. The van der Waals surface area contributed by atoms with Gasteiger partial charge in [0.25, 0.3) is 0 Å². The summed E-state index contributed by atoms with van der Waals surface area (Å²) in [6, 6.07) is 8.01. The summed E-state index contributed by atoms with van der Waals surface area (Å²) in [4.78, 5) is 2.24. The fourth-order valence-corrected chi connectivity index (χ4v) is 2.29. The summed E-state index contributed by atoms with van der Waals surface area (Å²) in [5, 5.41) is 9.85. The molecule has 80 valence electrons. The van der Waals surface area contributed by atoms with Crippen molar-refractivity contribution in [2.45, 2.75) is 12.5 Å². The maximum Gasteiger partial charge on any atom is 0.0826 e. The SMILES string of the molecule is C=C(Br)CN1CCC(O)c2ccccc21. The van der Waals surface area contributed by atoms with Crippen molar-refractivity contribution in [3.63, 3.8) is 0 Å². The second-order valence-corrected chi connectivity index (χ2v) is 4.92. The number of hydrogen-bond donors (Lipinski definition) is 1. The molecule has 0 amide bonds. The summed E-state index contributed by atoms with van der Waals surface area (Å²) in [6.07, 6.45) is 0.471. The molecule has 15 heavy (non-hydrogen) atoms. The standard InChI is InChI=1S/C12H14BrNO/c1-9(13)8-14-7-6-12(15)10-4-2-3-5-11(10)14/h2-5,12,15H,1,6-8H2. The summed E-state index contributed by atoms with van der Waals surface area (Å²) < 4.78 is 0.966. The molecule has 0 fully saturated rings. The first kappa shape index (κ1) is 10.7. The van der Waals surface area contributed by atoms with Gasteiger partial charge >= 0.3 is 0 Å². The second kappa shape index (κ2) is 4.37. The molecule has 0 saturated heterocycles. The zero-order valence-corrected chi connectivity index (χ0v) is 10.1. The van der Waals surface area contributed by atoms with Gasteiger partial charge in [-0.1, -0.05) is 40.7 Å². The fourth-order valence-electron chi connectivity index (χ4n) is 1.98. The second-order valence-electron chi connectivity index (χ2n) is 3.80. The van der Waals surface area contributed by atoms with Gasteiger partial charge in [0.15, 0.2) is 0 Å². The maximum absolute atomic E-state index is 9.85. The van der Waals surface area contributed by atoms with E-state index in [1.165, 1.54) is 0 Å². The third-order valence-electron chi connectivity index (χ3n) is 2.67. The minimum absolute atomic E-state index is 0.318. The summed E-state index contributed by atoms with van der Waals surface area (Å²) in [6.45, 7) is 5.53. The summed E-state index contributed by atoms with van der Waals surface area (Å²) in [5.41, 5.74) is 2.15. The average Bonchev–Trinajstić information content (AvgIpc) is 2.22. The van der Waals surface area contributed by atoms with Crippen LogP contribution in [-0.2, 0) is 0 Å². The Morgan fingerprint density at radius 3 is 3.00 bits per heavy atom. The van der Waals surface area contributed by atoms with Crippen molar-refractivity contribution in [1.29, 1.82) is 0 Å². The van der Waals surface area contributed by atoms with Crippen LogP contribution in [0, 0.1) is 0 Å². The van der Waals surface area contributed by atoms with E-state index in [4.69, 9.17) is 0 Å². The highest BCUT2D eigenvalue weighted by molar-refractivity contribution is 9.11. The van der Waals surface area contributed by atoms with Gasteiger partial charge in [0.2, 0.25) is 0 Å². The molecule has 0 aliphatic carbocycles. The van der Waals surface area contributed by atoms with Crippen molar-refractivity contribution in [3.05, 3.63) is 40.9 Å². The molecule has 0 bridgehead atoms. The number of nitrogens with zero attached hydrogens (tertiary/aromatic N) is 1. The lowest BCUT2D eigenvalue weighted by Gasteiger charge is -2.33. The van der Waals surface area contributed by atoms with Crippen LogP contribution in [0.25, 0.3) is 0 Å². The predicted octanol–water partition coefficient (Wildman–Crippen LogP) is 2.84. The first-order valence-corrected chi connectivity index (χ1v) is 5.83. The Labute approximate surface area is 98.3 Å². The number of anilines is 1. The van der Waals surface area contributed by atoms with E-state index in [2.05, 4.69) is 27.4 Å². The molecule has 1 aromatic carbocycles. The number of rotatable bonds is 2. The zero-order valence-electron chi connectivity index (χ0n) is 8.49. The van der Waals surface area contributed by atoms with E-state index in [0.29, 0.717) is 0 Å². The van der Waals surface area contributed by atoms with E-state index in [0.717, 1.165) is 35.2 Å². The van der Waals surface area contributed by atoms with Crippen molar-refractivity contribution < 1.29 is 5.11 Å². The molecule has 1 aromatic rings. The summed E-state index contributed by atoms with van der Waals surface area (Å²) in [5.74, 6) is 0. The predicted molar refractivity (Wildman–Crippen MR) is 66.3 cm³/mol. The molecular weight excluding hydrogens is 254 g/mol. The number of aliphatic hydroxyl groups is 1. The van der Waals surface area contributed by atoms with E-state index >= 15 is 0 Å². The fraction of sp³-hybridized carbons (Fsp3) is 0.333. The third-order valence-corrected chi connectivity index (χ3v) is 2.92. The molecule has 0 spiro atoms. The van der Waals surface area contributed by atoms with Gasteiger partial charge in [0.1, 0.15) is 0 Å². The minimum Gasteiger partial charge on any atom is -0.388 e. The molecule has 2 nitrogen and oxygen atoms in total. The number of para-hydroxylation sites is 1. The topological polar surface area (TPSA) is 23.5 Å². The normalized spacial score (nSPS) is 19.9. The van der Waals surface area contributed by atoms with Gasteiger partial charge in [-0.25, -0.2) is 0 Å². The molecule has 1 aliphatic rings. The zero-order chi connectivity index (χ0) is 10.8. The highest BCUT2D eigenvalue weighted by atomic mass is 79.9. The van der Waals surface area contributed by atoms with Crippen LogP contribution in [0.4, 0.5) is 5.69 Å². The van der Waals surface area contributed by atoms with Gasteiger partial charge in [-0.05, 0) is 12.5 Å². The summed E-state index contributed by atoms with van der Waals surface area (Å²) >= 11 is 3.38. The largest absolute Gasteiger partial charge is 0.388 e.